The van der Waals surface area contributed by atoms with Crippen molar-refractivity contribution in [3.8, 4) is 0 Å². The van der Waals surface area contributed by atoms with Crippen LogP contribution in [0.1, 0.15) is 108 Å². The molecule has 1 fully saturated rings. The maximum Gasteiger partial charge on any atom is 0.243 e. The van der Waals surface area contributed by atoms with E-state index in [1.54, 1.807) is 28.6 Å². The predicted octanol–water partition coefficient (Wildman–Crippen LogP) is 10.0. The average Bonchev–Trinajstić information content (AvgIpc) is 3.15. The number of nitrogens with one attached hydrogen (secondary N) is 1. The van der Waals surface area contributed by atoms with Crippen molar-refractivity contribution >= 4 is 21.6 Å². The fourth-order valence-corrected chi connectivity index (χ4v) is 9.51. The minimum Gasteiger partial charge on any atom is -0.326 e. The lowest BCUT2D eigenvalue weighted by molar-refractivity contribution is -0.114. The molecule has 51 heavy (non-hydrogen) atoms. The van der Waals surface area contributed by atoms with Crippen LogP contribution >= 0.6 is 0 Å². The van der Waals surface area contributed by atoms with Gasteiger partial charge in [-0.05, 0) is 47.4 Å². The van der Waals surface area contributed by atoms with E-state index in [0.717, 1.165) is 19.3 Å². The first-order chi connectivity index (χ1) is 24.9. The normalized spacial score (nSPS) is 15.8. The lowest BCUT2D eigenvalue weighted by atomic mass is 9.75. The standard InChI is InChI=1S/C44H57N3O3S/c1-3-4-5-6-7-8-9-10-11-12-22-29-42-36-46(34-35-47(42)51(49,50)43-32-30-41(31-33-43)45-37(2)48)44(38-23-16-13-17-24-38,39-25-18-14-19-26-39)40-27-20-15-21-28-40/h13-21,23-28,30-33,42H,3-12,22,29,34-36H2,1-2H3,(H,45,48). The SMILES string of the molecule is CCCCCCCCCCCCCC1CN(C(c2ccccc2)(c2ccccc2)c2ccccc2)CCN1S(=O)(=O)c1ccc(NC(C)=O)cc1. The summed E-state index contributed by atoms with van der Waals surface area (Å²) in [5, 5.41) is 2.75. The number of anilines is 1. The Hall–Kier alpha value is -3.78. The summed E-state index contributed by atoms with van der Waals surface area (Å²) in [6, 6.07) is 38.4. The number of carbonyl (C=O) groups excluding carboxylic acids is 1. The Morgan fingerprint density at radius 2 is 1.10 bits per heavy atom. The van der Waals surface area contributed by atoms with Gasteiger partial charge in [0.2, 0.25) is 15.9 Å². The van der Waals surface area contributed by atoms with Crippen LogP contribution < -0.4 is 5.32 Å². The van der Waals surface area contributed by atoms with Crippen molar-refractivity contribution in [3.05, 3.63) is 132 Å². The summed E-state index contributed by atoms with van der Waals surface area (Å²) in [6.45, 7) is 5.25. The summed E-state index contributed by atoms with van der Waals surface area (Å²) in [6.07, 6.45) is 14.6. The van der Waals surface area contributed by atoms with Crippen LogP contribution in [-0.4, -0.2) is 49.2 Å². The maximum atomic E-state index is 14.4. The molecule has 1 heterocycles. The third-order valence-corrected chi connectivity index (χ3v) is 12.4. The maximum absolute atomic E-state index is 14.4. The summed E-state index contributed by atoms with van der Waals surface area (Å²) < 4.78 is 30.6. The van der Waals surface area contributed by atoms with Crippen molar-refractivity contribution in [1.29, 1.82) is 0 Å². The zero-order valence-electron chi connectivity index (χ0n) is 30.7. The third-order valence-electron chi connectivity index (χ3n) is 10.4. The number of carbonyl (C=O) groups is 1. The Morgan fingerprint density at radius 3 is 1.55 bits per heavy atom. The first-order valence-electron chi connectivity index (χ1n) is 19.2. The fourth-order valence-electron chi connectivity index (χ4n) is 7.87. The van der Waals surface area contributed by atoms with Crippen molar-refractivity contribution < 1.29 is 13.2 Å². The molecule has 0 aromatic heterocycles. The van der Waals surface area contributed by atoms with Gasteiger partial charge in [-0.1, -0.05) is 169 Å². The minimum absolute atomic E-state index is 0.188. The zero-order chi connectivity index (χ0) is 35.9. The van der Waals surface area contributed by atoms with Crippen LogP contribution in [0.4, 0.5) is 5.69 Å². The van der Waals surface area contributed by atoms with Crippen molar-refractivity contribution in [2.75, 3.05) is 25.0 Å². The molecule has 272 valence electrons. The van der Waals surface area contributed by atoms with Crippen molar-refractivity contribution in [1.82, 2.24) is 9.21 Å². The van der Waals surface area contributed by atoms with Crippen molar-refractivity contribution in [2.45, 2.75) is 107 Å². The minimum atomic E-state index is -3.79. The van der Waals surface area contributed by atoms with E-state index in [9.17, 15) is 13.2 Å². The van der Waals surface area contributed by atoms with Gasteiger partial charge < -0.3 is 5.32 Å². The number of benzene rings is 4. The number of unbranched alkanes of at least 4 members (excludes halogenated alkanes) is 10. The molecule has 1 atom stereocenters. The van der Waals surface area contributed by atoms with Gasteiger partial charge in [0, 0.05) is 38.3 Å². The Balaban J connectivity index is 1.42. The van der Waals surface area contributed by atoms with Crippen LogP contribution in [0.2, 0.25) is 0 Å². The summed E-state index contributed by atoms with van der Waals surface area (Å²) in [5.41, 5.74) is 3.49. The van der Waals surface area contributed by atoms with Crippen LogP contribution in [0.25, 0.3) is 0 Å². The van der Waals surface area contributed by atoms with Crippen LogP contribution in [-0.2, 0) is 20.4 Å². The highest BCUT2D eigenvalue weighted by atomic mass is 32.2. The Bertz CT molecular complexity index is 1620. The molecule has 1 aliphatic rings. The highest BCUT2D eigenvalue weighted by Crippen LogP contribution is 2.44. The molecule has 1 unspecified atom stereocenters. The molecule has 4 aromatic carbocycles. The molecule has 1 saturated heterocycles. The third kappa shape index (κ3) is 9.76. The molecular formula is C44H57N3O3S. The van der Waals surface area contributed by atoms with Gasteiger partial charge in [0.25, 0.3) is 0 Å². The van der Waals surface area contributed by atoms with Gasteiger partial charge in [-0.3, -0.25) is 9.69 Å². The van der Waals surface area contributed by atoms with Crippen molar-refractivity contribution in [3.63, 3.8) is 0 Å². The topological polar surface area (TPSA) is 69.7 Å². The van der Waals surface area contributed by atoms with E-state index in [4.69, 9.17) is 0 Å². The van der Waals surface area contributed by atoms with Crippen LogP contribution in [0, 0.1) is 0 Å². The van der Waals surface area contributed by atoms with E-state index in [1.165, 1.54) is 81.4 Å². The Morgan fingerprint density at radius 1 is 0.647 bits per heavy atom. The molecule has 5 rings (SSSR count). The van der Waals surface area contributed by atoms with E-state index < -0.39 is 15.6 Å². The summed E-state index contributed by atoms with van der Waals surface area (Å²) in [4.78, 5) is 14.4. The number of rotatable bonds is 19. The van der Waals surface area contributed by atoms with Gasteiger partial charge in [-0.15, -0.1) is 0 Å². The number of nitrogens with zero attached hydrogens (tertiary/aromatic N) is 2. The number of hydrogen-bond donors (Lipinski definition) is 1. The van der Waals surface area contributed by atoms with Gasteiger partial charge in [-0.2, -0.15) is 4.31 Å². The number of piperazine rings is 1. The van der Waals surface area contributed by atoms with E-state index >= 15 is 0 Å². The Kier molecular flexibility index (Phi) is 14.5. The molecular weight excluding hydrogens is 651 g/mol. The Labute approximate surface area is 307 Å². The molecule has 0 radical (unpaired) electrons. The van der Waals surface area contributed by atoms with Crippen LogP contribution in [0.3, 0.4) is 0 Å². The molecule has 6 nitrogen and oxygen atoms in total. The molecule has 0 saturated carbocycles. The molecule has 7 heteroatoms. The summed E-state index contributed by atoms with van der Waals surface area (Å²) in [5.74, 6) is -0.188. The lowest BCUT2D eigenvalue weighted by Crippen LogP contribution is -2.61. The van der Waals surface area contributed by atoms with Crippen molar-refractivity contribution in [2.24, 2.45) is 0 Å². The van der Waals surface area contributed by atoms with E-state index in [0.29, 0.717) is 25.3 Å². The fraction of sp³-hybridized carbons (Fsp3) is 0.432. The van der Waals surface area contributed by atoms with E-state index in [-0.39, 0.29) is 16.8 Å². The molecule has 0 aliphatic carbocycles. The van der Waals surface area contributed by atoms with Crippen LogP contribution in [0.15, 0.2) is 120 Å². The largest absolute Gasteiger partial charge is 0.326 e. The lowest BCUT2D eigenvalue weighted by Gasteiger charge is -2.51. The molecule has 1 amide bonds. The van der Waals surface area contributed by atoms with Gasteiger partial charge in [-0.25, -0.2) is 8.42 Å². The number of amides is 1. The van der Waals surface area contributed by atoms with Gasteiger partial charge in [0.05, 0.1) is 10.4 Å². The van der Waals surface area contributed by atoms with Gasteiger partial charge in [0.1, 0.15) is 0 Å². The molecule has 0 spiro atoms. The van der Waals surface area contributed by atoms with Gasteiger partial charge in [0.15, 0.2) is 0 Å². The first-order valence-corrected chi connectivity index (χ1v) is 20.6. The average molecular weight is 708 g/mol. The highest BCUT2D eigenvalue weighted by molar-refractivity contribution is 7.89. The first kappa shape index (κ1) is 38.5. The van der Waals surface area contributed by atoms with Crippen LogP contribution in [0.5, 0.6) is 0 Å². The van der Waals surface area contributed by atoms with E-state index in [1.807, 2.05) is 0 Å². The molecule has 1 aliphatic heterocycles. The predicted molar refractivity (Wildman–Crippen MR) is 210 cm³/mol. The second-order valence-corrected chi connectivity index (χ2v) is 15.9. The number of hydrogen-bond acceptors (Lipinski definition) is 4. The highest BCUT2D eigenvalue weighted by Gasteiger charge is 2.47. The monoisotopic (exact) mass is 707 g/mol. The van der Waals surface area contributed by atoms with Gasteiger partial charge >= 0.3 is 0 Å². The molecule has 4 aromatic rings. The quantitative estimate of drug-likeness (QED) is 0.0778. The zero-order valence-corrected chi connectivity index (χ0v) is 31.5. The summed E-state index contributed by atoms with van der Waals surface area (Å²) >= 11 is 0. The second-order valence-electron chi connectivity index (χ2n) is 14.1. The molecule has 1 N–H and O–H groups in total. The molecule has 0 bridgehead atoms. The second kappa shape index (κ2) is 19.2. The van der Waals surface area contributed by atoms with E-state index in [2.05, 4.69) is 108 Å². The number of sulfonamides is 1. The smallest absolute Gasteiger partial charge is 0.243 e. The summed E-state index contributed by atoms with van der Waals surface area (Å²) in [7, 11) is -3.79.